The Morgan fingerprint density at radius 3 is 2.56 bits per heavy atom. The van der Waals surface area contributed by atoms with E-state index in [2.05, 4.69) is 69.2 Å². The van der Waals surface area contributed by atoms with Crippen molar-refractivity contribution < 1.29 is 0 Å². The third-order valence-corrected chi connectivity index (χ3v) is 5.53. The van der Waals surface area contributed by atoms with Crippen molar-refractivity contribution in [1.29, 1.82) is 0 Å². The van der Waals surface area contributed by atoms with Crippen molar-refractivity contribution in [2.75, 3.05) is 12.8 Å². The van der Waals surface area contributed by atoms with Crippen LogP contribution in [0.2, 0.25) is 0 Å². The minimum absolute atomic E-state index is 0.515. The molecule has 18 heavy (non-hydrogen) atoms. The van der Waals surface area contributed by atoms with Gasteiger partial charge in [-0.15, -0.1) is 0 Å². The number of hydrogen-bond acceptors (Lipinski definition) is 2. The summed E-state index contributed by atoms with van der Waals surface area (Å²) in [4.78, 5) is 0. The SMILES string of the molecule is CNC1c2ccccc2C(C)CC1SCC(C)C. The fourth-order valence-electron chi connectivity index (χ4n) is 2.88. The van der Waals surface area contributed by atoms with Gasteiger partial charge in [0, 0.05) is 11.3 Å². The van der Waals surface area contributed by atoms with Crippen LogP contribution < -0.4 is 5.32 Å². The molecule has 0 heterocycles. The molecule has 100 valence electrons. The van der Waals surface area contributed by atoms with Crippen molar-refractivity contribution in [2.24, 2.45) is 5.92 Å². The molecule has 2 rings (SSSR count). The Kier molecular flexibility index (Phi) is 4.74. The van der Waals surface area contributed by atoms with Crippen LogP contribution >= 0.6 is 11.8 Å². The van der Waals surface area contributed by atoms with E-state index in [1.165, 1.54) is 17.7 Å². The Morgan fingerprint density at radius 1 is 1.28 bits per heavy atom. The molecular weight excluding hydrogens is 238 g/mol. The smallest absolute Gasteiger partial charge is 0.0441 e. The average molecular weight is 263 g/mol. The van der Waals surface area contributed by atoms with Crippen LogP contribution in [0.3, 0.4) is 0 Å². The molecule has 0 bridgehead atoms. The van der Waals surface area contributed by atoms with Gasteiger partial charge in [-0.3, -0.25) is 0 Å². The number of nitrogens with one attached hydrogen (secondary N) is 1. The third kappa shape index (κ3) is 2.92. The molecular formula is C16H25NS. The van der Waals surface area contributed by atoms with Crippen LogP contribution in [-0.2, 0) is 0 Å². The summed E-state index contributed by atoms with van der Waals surface area (Å²) in [5, 5.41) is 4.24. The maximum absolute atomic E-state index is 3.53. The summed E-state index contributed by atoms with van der Waals surface area (Å²) in [6.45, 7) is 6.98. The lowest BCUT2D eigenvalue weighted by Crippen LogP contribution is -2.33. The molecule has 1 N–H and O–H groups in total. The minimum Gasteiger partial charge on any atom is -0.312 e. The summed E-state index contributed by atoms with van der Waals surface area (Å²) >= 11 is 2.14. The first-order chi connectivity index (χ1) is 8.63. The Balaban J connectivity index is 2.20. The molecule has 0 saturated carbocycles. The number of hydrogen-bond donors (Lipinski definition) is 1. The molecule has 0 amide bonds. The average Bonchev–Trinajstić information content (AvgIpc) is 2.36. The Morgan fingerprint density at radius 2 is 1.94 bits per heavy atom. The van der Waals surface area contributed by atoms with Gasteiger partial charge in [0.1, 0.15) is 0 Å². The lowest BCUT2D eigenvalue weighted by Gasteiger charge is -2.36. The lowest BCUT2D eigenvalue weighted by atomic mass is 9.81. The van der Waals surface area contributed by atoms with E-state index in [0.29, 0.717) is 17.2 Å². The van der Waals surface area contributed by atoms with E-state index < -0.39 is 0 Å². The molecule has 0 aliphatic heterocycles. The first-order valence-electron chi connectivity index (χ1n) is 7.01. The molecule has 1 nitrogen and oxygen atoms in total. The minimum atomic E-state index is 0.515. The van der Waals surface area contributed by atoms with Gasteiger partial charge in [0.25, 0.3) is 0 Å². The van der Waals surface area contributed by atoms with Gasteiger partial charge < -0.3 is 5.32 Å². The maximum atomic E-state index is 3.53. The highest BCUT2D eigenvalue weighted by atomic mass is 32.2. The summed E-state index contributed by atoms with van der Waals surface area (Å²) in [6, 6.07) is 9.46. The van der Waals surface area contributed by atoms with Crippen molar-refractivity contribution in [3.05, 3.63) is 35.4 Å². The molecule has 0 aromatic heterocycles. The van der Waals surface area contributed by atoms with Crippen molar-refractivity contribution in [3.63, 3.8) is 0 Å². The van der Waals surface area contributed by atoms with Crippen LogP contribution in [-0.4, -0.2) is 18.1 Å². The third-order valence-electron chi connectivity index (χ3n) is 3.77. The van der Waals surface area contributed by atoms with Crippen LogP contribution in [0.1, 0.15) is 50.3 Å². The van der Waals surface area contributed by atoms with E-state index >= 15 is 0 Å². The Hall–Kier alpha value is -0.470. The predicted octanol–water partition coefficient (Wildman–Crippen LogP) is 4.21. The fourth-order valence-corrected chi connectivity index (χ4v) is 4.41. The van der Waals surface area contributed by atoms with E-state index in [-0.39, 0.29) is 0 Å². The zero-order valence-corrected chi connectivity index (χ0v) is 12.8. The maximum Gasteiger partial charge on any atom is 0.0441 e. The zero-order valence-electron chi connectivity index (χ0n) is 11.9. The topological polar surface area (TPSA) is 12.0 Å². The summed E-state index contributed by atoms with van der Waals surface area (Å²) < 4.78 is 0. The second kappa shape index (κ2) is 6.12. The van der Waals surface area contributed by atoms with E-state index in [9.17, 15) is 0 Å². The highest BCUT2D eigenvalue weighted by Crippen LogP contribution is 2.42. The fraction of sp³-hybridized carbons (Fsp3) is 0.625. The molecule has 0 saturated heterocycles. The van der Waals surface area contributed by atoms with E-state index in [1.807, 2.05) is 0 Å². The molecule has 1 aliphatic rings. The van der Waals surface area contributed by atoms with Crippen LogP contribution in [0.25, 0.3) is 0 Å². The molecule has 0 radical (unpaired) electrons. The van der Waals surface area contributed by atoms with Gasteiger partial charge >= 0.3 is 0 Å². The van der Waals surface area contributed by atoms with Gasteiger partial charge in [0.05, 0.1) is 0 Å². The molecule has 0 fully saturated rings. The van der Waals surface area contributed by atoms with Gasteiger partial charge in [0.2, 0.25) is 0 Å². The van der Waals surface area contributed by atoms with Crippen molar-refractivity contribution in [1.82, 2.24) is 5.32 Å². The highest BCUT2D eigenvalue weighted by molar-refractivity contribution is 7.99. The number of benzene rings is 1. The van der Waals surface area contributed by atoms with Crippen molar-refractivity contribution in [2.45, 2.75) is 44.4 Å². The Bertz CT molecular complexity index is 388. The van der Waals surface area contributed by atoms with E-state index in [4.69, 9.17) is 0 Å². The summed E-state index contributed by atoms with van der Waals surface area (Å²) in [5.74, 6) is 2.73. The second-order valence-electron chi connectivity index (χ2n) is 5.80. The van der Waals surface area contributed by atoms with Crippen LogP contribution in [0, 0.1) is 5.92 Å². The second-order valence-corrected chi connectivity index (χ2v) is 7.07. The molecule has 1 aromatic rings. The lowest BCUT2D eigenvalue weighted by molar-refractivity contribution is 0.472. The van der Waals surface area contributed by atoms with Crippen LogP contribution in [0.5, 0.6) is 0 Å². The Labute approximate surface area is 116 Å². The van der Waals surface area contributed by atoms with Crippen molar-refractivity contribution in [3.8, 4) is 0 Å². The quantitative estimate of drug-likeness (QED) is 0.873. The molecule has 3 atom stereocenters. The summed E-state index contributed by atoms with van der Waals surface area (Å²) in [5.41, 5.74) is 3.05. The highest BCUT2D eigenvalue weighted by Gasteiger charge is 2.32. The van der Waals surface area contributed by atoms with Gasteiger partial charge in [-0.1, -0.05) is 45.0 Å². The van der Waals surface area contributed by atoms with Gasteiger partial charge in [-0.05, 0) is 42.2 Å². The molecule has 2 heteroatoms. The summed E-state index contributed by atoms with van der Waals surface area (Å²) in [7, 11) is 2.10. The molecule has 3 unspecified atom stereocenters. The van der Waals surface area contributed by atoms with E-state index in [1.54, 1.807) is 5.56 Å². The van der Waals surface area contributed by atoms with Gasteiger partial charge in [-0.25, -0.2) is 0 Å². The molecule has 1 aliphatic carbocycles. The standard InChI is InChI=1S/C16H25NS/c1-11(2)10-18-15-9-12(3)13-7-5-6-8-14(13)16(15)17-4/h5-8,11-12,15-17H,9-10H2,1-4H3. The molecule has 1 aromatic carbocycles. The molecule has 0 spiro atoms. The monoisotopic (exact) mass is 263 g/mol. The normalized spacial score (nSPS) is 27.3. The predicted molar refractivity (Wildman–Crippen MR) is 82.4 cm³/mol. The van der Waals surface area contributed by atoms with Gasteiger partial charge in [0.15, 0.2) is 0 Å². The summed E-state index contributed by atoms with van der Waals surface area (Å²) in [6.07, 6.45) is 1.29. The van der Waals surface area contributed by atoms with Crippen LogP contribution in [0.4, 0.5) is 0 Å². The number of fused-ring (bicyclic) bond motifs is 1. The van der Waals surface area contributed by atoms with E-state index in [0.717, 1.165) is 5.92 Å². The van der Waals surface area contributed by atoms with Gasteiger partial charge in [-0.2, -0.15) is 11.8 Å². The first kappa shape index (κ1) is 14.0. The first-order valence-corrected chi connectivity index (χ1v) is 8.06. The zero-order chi connectivity index (χ0) is 13.1. The van der Waals surface area contributed by atoms with Crippen LogP contribution in [0.15, 0.2) is 24.3 Å². The number of thioether (sulfide) groups is 1. The number of rotatable bonds is 4. The van der Waals surface area contributed by atoms with Crippen molar-refractivity contribution >= 4 is 11.8 Å². The largest absolute Gasteiger partial charge is 0.312 e.